The fourth-order valence-corrected chi connectivity index (χ4v) is 8.00. The third-order valence-electron chi connectivity index (χ3n) is 10.2. The monoisotopic (exact) mass is 745 g/mol. The summed E-state index contributed by atoms with van der Waals surface area (Å²) in [7, 11) is 5.40. The lowest BCUT2D eigenvalue weighted by atomic mass is 9.87. The van der Waals surface area contributed by atoms with Gasteiger partial charge in [-0.15, -0.1) is 0 Å². The first-order valence-electron chi connectivity index (χ1n) is 16.8. The average Bonchev–Trinajstić information content (AvgIpc) is 3.36. The molecule has 0 radical (unpaired) electrons. The maximum Gasteiger partial charge on any atom is 0.329 e. The number of imide groups is 1. The summed E-state index contributed by atoms with van der Waals surface area (Å²) in [4.78, 5) is 69.6. The van der Waals surface area contributed by atoms with Gasteiger partial charge in [0.15, 0.2) is 0 Å². The van der Waals surface area contributed by atoms with Crippen LogP contribution < -0.4 is 26.8 Å². The van der Waals surface area contributed by atoms with E-state index in [1.165, 1.54) is 19.4 Å². The number of aromatic nitrogens is 4. The molecule has 2 aromatic heterocycles. The number of benzene rings is 2. The van der Waals surface area contributed by atoms with Gasteiger partial charge in [-0.3, -0.25) is 33.6 Å². The number of hydrogen-bond acceptors (Lipinski definition) is 9. The van der Waals surface area contributed by atoms with E-state index in [0.717, 1.165) is 25.2 Å². The standard InChI is InChI=1S/C35H40BrN9O5/c1-40-19-23(16-24(20-40)38-26-18-37-42(3)34(49)31(26)36)21-4-6-22(7-5-21)33(48)44-14-12-43(13-15-44)25-8-9-27-29(17-25)41(2)35(50)45(27)28-10-11-30(46)39-32(28)47/h4-9,17-18,23-24,28,38H,10-16,19-20H2,1-3H3,(H,39,46,47)/t23-,24+,28?/m0/s1. The molecule has 3 amide bonds. The van der Waals surface area contributed by atoms with E-state index in [9.17, 15) is 24.0 Å². The Kier molecular flexibility index (Phi) is 9.11. The summed E-state index contributed by atoms with van der Waals surface area (Å²) in [5.41, 5.74) is 4.31. The maximum absolute atomic E-state index is 13.5. The number of carbonyl (C=O) groups excluding carboxylic acids is 3. The van der Waals surface area contributed by atoms with E-state index >= 15 is 0 Å². The second-order valence-corrected chi connectivity index (χ2v) is 14.3. The second kappa shape index (κ2) is 13.5. The van der Waals surface area contributed by atoms with Gasteiger partial charge in [0.05, 0.1) is 22.9 Å². The minimum absolute atomic E-state index is 0.00122. The lowest BCUT2D eigenvalue weighted by Crippen LogP contribution is -2.48. The van der Waals surface area contributed by atoms with Crippen molar-refractivity contribution >= 4 is 56.1 Å². The number of likely N-dealkylation sites (tertiary alicyclic amines) is 1. The quantitative estimate of drug-likeness (QED) is 0.283. The number of rotatable bonds is 6. The number of halogens is 1. The molecule has 262 valence electrons. The lowest BCUT2D eigenvalue weighted by Gasteiger charge is -2.37. The normalized spacial score (nSPS) is 21.8. The van der Waals surface area contributed by atoms with Crippen LogP contribution in [0.25, 0.3) is 11.0 Å². The minimum atomic E-state index is -0.728. The molecule has 14 nitrogen and oxygen atoms in total. The first-order valence-corrected chi connectivity index (χ1v) is 17.6. The number of hydrogen-bond donors (Lipinski definition) is 2. The van der Waals surface area contributed by atoms with Crippen LogP contribution in [0.3, 0.4) is 0 Å². The van der Waals surface area contributed by atoms with Crippen molar-refractivity contribution in [3.05, 3.63) is 85.1 Å². The lowest BCUT2D eigenvalue weighted by molar-refractivity contribution is -0.135. The molecule has 0 bridgehead atoms. The molecular formula is C35H40BrN9O5. The first kappa shape index (κ1) is 33.7. The molecule has 3 aliphatic heterocycles. The van der Waals surface area contributed by atoms with Crippen molar-refractivity contribution in [3.8, 4) is 0 Å². The van der Waals surface area contributed by atoms with E-state index in [4.69, 9.17) is 0 Å². The van der Waals surface area contributed by atoms with Crippen LogP contribution in [-0.4, -0.2) is 98.8 Å². The molecule has 2 N–H and O–H groups in total. The molecular weight excluding hydrogens is 706 g/mol. The molecule has 4 aromatic rings. The molecule has 0 aliphatic carbocycles. The average molecular weight is 747 g/mol. The molecule has 0 saturated carbocycles. The van der Waals surface area contributed by atoms with Crippen LogP contribution in [0.4, 0.5) is 11.4 Å². The molecule has 0 spiro atoms. The summed E-state index contributed by atoms with van der Waals surface area (Å²) in [5, 5.41) is 9.99. The predicted molar refractivity (Wildman–Crippen MR) is 193 cm³/mol. The Morgan fingerprint density at radius 2 is 1.68 bits per heavy atom. The van der Waals surface area contributed by atoms with Gasteiger partial charge in [0, 0.05) is 77.1 Å². The topological polar surface area (TPSA) is 147 Å². The van der Waals surface area contributed by atoms with Crippen molar-refractivity contribution in [2.24, 2.45) is 14.1 Å². The number of amides is 3. The van der Waals surface area contributed by atoms with Crippen molar-refractivity contribution in [1.82, 2.24) is 34.0 Å². The molecule has 2 aromatic carbocycles. The van der Waals surface area contributed by atoms with Crippen molar-refractivity contribution in [1.29, 1.82) is 0 Å². The van der Waals surface area contributed by atoms with Crippen LogP contribution in [0.15, 0.2) is 62.7 Å². The Morgan fingerprint density at radius 3 is 2.40 bits per heavy atom. The summed E-state index contributed by atoms with van der Waals surface area (Å²) in [6, 6.07) is 13.1. The highest BCUT2D eigenvalue weighted by atomic mass is 79.9. The van der Waals surface area contributed by atoms with E-state index in [1.807, 2.05) is 35.2 Å². The van der Waals surface area contributed by atoms with E-state index in [1.54, 1.807) is 20.3 Å². The number of anilines is 2. The van der Waals surface area contributed by atoms with Gasteiger partial charge in [-0.05, 0) is 77.6 Å². The van der Waals surface area contributed by atoms with Crippen molar-refractivity contribution in [3.63, 3.8) is 0 Å². The van der Waals surface area contributed by atoms with Crippen molar-refractivity contribution in [2.75, 3.05) is 56.5 Å². The molecule has 3 fully saturated rings. The zero-order chi connectivity index (χ0) is 35.3. The van der Waals surface area contributed by atoms with E-state index in [2.05, 4.69) is 60.6 Å². The second-order valence-electron chi connectivity index (χ2n) is 13.5. The Bertz CT molecular complexity index is 2100. The Hall–Kier alpha value is -4.76. The predicted octanol–water partition coefficient (Wildman–Crippen LogP) is 2.04. The summed E-state index contributed by atoms with van der Waals surface area (Å²) >= 11 is 3.41. The molecule has 1 unspecified atom stereocenters. The van der Waals surface area contributed by atoms with Gasteiger partial charge in [-0.2, -0.15) is 5.10 Å². The molecule has 3 atom stereocenters. The number of nitrogens with zero attached hydrogens (tertiary/aromatic N) is 7. The number of piperidine rings is 2. The van der Waals surface area contributed by atoms with Gasteiger partial charge in [0.25, 0.3) is 11.5 Å². The molecule has 50 heavy (non-hydrogen) atoms. The molecule has 15 heteroatoms. The van der Waals surface area contributed by atoms with Gasteiger partial charge in [0.1, 0.15) is 10.5 Å². The summed E-state index contributed by atoms with van der Waals surface area (Å²) in [5.74, 6) is -0.518. The Labute approximate surface area is 296 Å². The van der Waals surface area contributed by atoms with E-state index < -0.39 is 11.9 Å². The smallest absolute Gasteiger partial charge is 0.329 e. The zero-order valence-corrected chi connectivity index (χ0v) is 29.9. The number of aryl methyl sites for hydroxylation is 2. The summed E-state index contributed by atoms with van der Waals surface area (Å²) < 4.78 is 4.79. The van der Waals surface area contributed by atoms with Crippen molar-refractivity contribution in [2.45, 2.75) is 37.3 Å². The van der Waals surface area contributed by atoms with E-state index in [0.29, 0.717) is 52.9 Å². The SMILES string of the molecule is CN1C[C@H](Nc2cnn(C)c(=O)c2Br)C[C@H](c2ccc(C(=O)N3CCN(c4ccc5c(c4)n(C)c(=O)n5C4CCC(=O)NC4=O)CC3)cc2)C1. The highest BCUT2D eigenvalue weighted by Gasteiger charge is 2.32. The fraction of sp³-hybridized carbons (Fsp3) is 0.429. The molecule has 7 rings (SSSR count). The van der Waals surface area contributed by atoms with Crippen LogP contribution in [-0.2, 0) is 23.7 Å². The minimum Gasteiger partial charge on any atom is -0.379 e. The zero-order valence-electron chi connectivity index (χ0n) is 28.3. The van der Waals surface area contributed by atoms with Gasteiger partial charge in [0.2, 0.25) is 11.8 Å². The molecule has 3 saturated heterocycles. The Balaban J connectivity index is 0.984. The van der Waals surface area contributed by atoms with Crippen LogP contribution in [0.1, 0.15) is 47.1 Å². The van der Waals surface area contributed by atoms with Crippen LogP contribution in [0.2, 0.25) is 0 Å². The van der Waals surface area contributed by atoms with Crippen LogP contribution in [0.5, 0.6) is 0 Å². The number of likely N-dealkylation sites (N-methyl/N-ethyl adjacent to an activating group) is 1. The van der Waals surface area contributed by atoms with Crippen LogP contribution in [0, 0.1) is 0 Å². The number of imidazole rings is 1. The third-order valence-corrected chi connectivity index (χ3v) is 11.0. The number of piperazine rings is 1. The van der Waals surface area contributed by atoms with Crippen LogP contribution >= 0.6 is 15.9 Å². The van der Waals surface area contributed by atoms with Gasteiger partial charge >= 0.3 is 5.69 Å². The first-order chi connectivity index (χ1) is 24.0. The van der Waals surface area contributed by atoms with Gasteiger partial charge in [-0.25, -0.2) is 9.48 Å². The van der Waals surface area contributed by atoms with Gasteiger partial charge < -0.3 is 20.0 Å². The largest absolute Gasteiger partial charge is 0.379 e. The van der Waals surface area contributed by atoms with Gasteiger partial charge in [-0.1, -0.05) is 12.1 Å². The number of fused-ring (bicyclic) bond motifs is 1. The summed E-state index contributed by atoms with van der Waals surface area (Å²) in [6.07, 6.45) is 3.02. The fourth-order valence-electron chi connectivity index (χ4n) is 7.52. The highest BCUT2D eigenvalue weighted by molar-refractivity contribution is 9.10. The number of carbonyl (C=O) groups is 3. The summed E-state index contributed by atoms with van der Waals surface area (Å²) in [6.45, 7) is 4.12. The number of nitrogens with one attached hydrogen (secondary N) is 2. The van der Waals surface area contributed by atoms with Crippen molar-refractivity contribution < 1.29 is 14.4 Å². The highest BCUT2D eigenvalue weighted by Crippen LogP contribution is 2.30. The Morgan fingerprint density at radius 1 is 0.940 bits per heavy atom. The van der Waals surface area contributed by atoms with E-state index in [-0.39, 0.29) is 47.9 Å². The molecule has 5 heterocycles. The molecule has 3 aliphatic rings. The third kappa shape index (κ3) is 6.35. The maximum atomic E-state index is 13.5.